The van der Waals surface area contributed by atoms with Gasteiger partial charge in [-0.15, -0.1) is 0 Å². The van der Waals surface area contributed by atoms with Crippen molar-refractivity contribution in [3.05, 3.63) is 108 Å². The second-order valence-electron chi connectivity index (χ2n) is 10.7. The van der Waals surface area contributed by atoms with Crippen molar-refractivity contribution < 1.29 is 27.1 Å². The van der Waals surface area contributed by atoms with Crippen LogP contribution < -0.4 is 26.1 Å². The number of hydrogen-bond donors (Lipinski definition) is 5. The summed E-state index contributed by atoms with van der Waals surface area (Å²) in [5.41, 5.74) is 11.9. The van der Waals surface area contributed by atoms with Gasteiger partial charge in [-0.2, -0.15) is 0 Å². The highest BCUT2D eigenvalue weighted by molar-refractivity contribution is 7.92. The van der Waals surface area contributed by atoms with Crippen LogP contribution in [0.1, 0.15) is 23.0 Å². The van der Waals surface area contributed by atoms with E-state index in [0.29, 0.717) is 17.4 Å². The number of para-hydroxylation sites is 1. The molecule has 6 rings (SSSR count). The number of nitrogens with one attached hydrogen (secondary N) is 3. The van der Waals surface area contributed by atoms with Gasteiger partial charge in [0.2, 0.25) is 0 Å². The fourth-order valence-electron chi connectivity index (χ4n) is 5.36. The first-order valence-corrected chi connectivity index (χ1v) is 15.4. The molecule has 3 aromatic carbocycles. The monoisotopic (exact) mass is 646 g/mol. The molecule has 6 N–H and O–H groups in total. The minimum absolute atomic E-state index is 0.00426. The molecule has 46 heavy (non-hydrogen) atoms. The highest BCUT2D eigenvalue weighted by Crippen LogP contribution is 2.37. The maximum absolute atomic E-state index is 14.3. The van der Waals surface area contributed by atoms with Gasteiger partial charge in [-0.3, -0.25) is 19.1 Å². The molecule has 236 valence electrons. The lowest BCUT2D eigenvalue weighted by Crippen LogP contribution is -2.59. The quantitative estimate of drug-likeness (QED) is 0.161. The van der Waals surface area contributed by atoms with Gasteiger partial charge in [0.25, 0.3) is 15.9 Å². The van der Waals surface area contributed by atoms with Crippen LogP contribution in [0.4, 0.5) is 31.8 Å². The Morgan fingerprint density at radius 2 is 1.80 bits per heavy atom. The van der Waals surface area contributed by atoms with Gasteiger partial charge in [0.1, 0.15) is 52.1 Å². The Morgan fingerprint density at radius 3 is 2.54 bits per heavy atom. The average Bonchev–Trinajstić information content (AvgIpc) is 3.37. The molecular formula is C31H28F2N8O4S. The minimum Gasteiger partial charge on any atom is -0.508 e. The number of anilines is 4. The summed E-state index contributed by atoms with van der Waals surface area (Å²) >= 11 is 0. The van der Waals surface area contributed by atoms with Crippen molar-refractivity contribution in [2.24, 2.45) is 0 Å². The second kappa shape index (κ2) is 11.7. The number of nitrogens with two attached hydrogens (primary N) is 1. The van der Waals surface area contributed by atoms with Crippen LogP contribution in [0.25, 0.3) is 11.1 Å². The zero-order chi connectivity index (χ0) is 32.7. The number of aryl methyl sites for hydroxylation is 1. The third-order valence-corrected chi connectivity index (χ3v) is 8.86. The van der Waals surface area contributed by atoms with Crippen molar-refractivity contribution in [2.75, 3.05) is 26.1 Å². The molecule has 0 saturated heterocycles. The van der Waals surface area contributed by atoms with Crippen molar-refractivity contribution in [3.63, 3.8) is 0 Å². The van der Waals surface area contributed by atoms with Gasteiger partial charge in [0.15, 0.2) is 0 Å². The Labute approximate surface area is 262 Å². The lowest BCUT2D eigenvalue weighted by molar-refractivity contribution is 0.0954. The predicted molar refractivity (Wildman–Crippen MR) is 169 cm³/mol. The Bertz CT molecular complexity index is 2070. The Balaban J connectivity index is 1.35. The molecule has 0 fully saturated rings. The number of hydrogen-bond acceptors (Lipinski definition) is 9. The van der Waals surface area contributed by atoms with Crippen LogP contribution in [0.2, 0.25) is 0 Å². The number of carbonyl (C=O) groups excluding carboxylic acids is 1. The highest BCUT2D eigenvalue weighted by Gasteiger charge is 2.38. The molecule has 2 aromatic heterocycles. The van der Waals surface area contributed by atoms with Crippen LogP contribution in [-0.4, -0.2) is 46.3 Å². The molecule has 0 spiro atoms. The Morgan fingerprint density at radius 1 is 1.04 bits per heavy atom. The fourth-order valence-corrected chi connectivity index (χ4v) is 6.46. The third-order valence-electron chi connectivity index (χ3n) is 7.45. The molecule has 3 heterocycles. The van der Waals surface area contributed by atoms with E-state index in [1.807, 2.05) is 50.2 Å². The van der Waals surface area contributed by atoms with Crippen LogP contribution in [0.15, 0.2) is 90.2 Å². The summed E-state index contributed by atoms with van der Waals surface area (Å²) in [7, 11) is -4.52. The predicted octanol–water partition coefficient (Wildman–Crippen LogP) is 4.65. The molecule has 1 unspecified atom stereocenters. The van der Waals surface area contributed by atoms with E-state index in [1.54, 1.807) is 15.8 Å². The average molecular weight is 647 g/mol. The molecule has 15 heteroatoms. The molecular weight excluding hydrogens is 618 g/mol. The maximum Gasteiger partial charge on any atom is 0.278 e. The molecule has 2 atom stereocenters. The molecule has 0 bridgehead atoms. The number of aromatic hydroxyl groups is 1. The molecule has 12 nitrogen and oxygen atoms in total. The van der Waals surface area contributed by atoms with Gasteiger partial charge >= 0.3 is 0 Å². The first-order chi connectivity index (χ1) is 21.9. The Hall–Kier alpha value is -5.70. The first-order valence-electron chi connectivity index (χ1n) is 14.0. The molecule has 5 aromatic rings. The van der Waals surface area contributed by atoms with Gasteiger partial charge in [-0.1, -0.05) is 18.2 Å². The van der Waals surface area contributed by atoms with E-state index >= 15 is 0 Å². The fraction of sp³-hybridized carbons (Fsp3) is 0.129. The number of rotatable bonds is 8. The van der Waals surface area contributed by atoms with E-state index in [-0.39, 0.29) is 40.1 Å². The number of nitrogens with zero attached hydrogens (tertiary/aromatic N) is 4. The number of halogens is 2. The van der Waals surface area contributed by atoms with Crippen molar-refractivity contribution in [3.8, 4) is 16.9 Å². The third kappa shape index (κ3) is 5.63. The van der Waals surface area contributed by atoms with E-state index in [9.17, 15) is 27.1 Å². The minimum atomic E-state index is -4.52. The van der Waals surface area contributed by atoms with Gasteiger partial charge in [0, 0.05) is 24.0 Å². The number of benzene rings is 3. The number of amides is 1. The van der Waals surface area contributed by atoms with E-state index in [1.165, 1.54) is 18.5 Å². The van der Waals surface area contributed by atoms with Crippen molar-refractivity contribution in [1.82, 2.24) is 14.6 Å². The number of aromatic nitrogens is 3. The summed E-state index contributed by atoms with van der Waals surface area (Å²) in [5, 5.41) is 13.8. The van der Waals surface area contributed by atoms with E-state index < -0.39 is 38.8 Å². The van der Waals surface area contributed by atoms with Gasteiger partial charge in [-0.05, 0) is 67.4 Å². The SMILES string of the molecule is Cc1ccn2c1C(=O)N(c1ccccc1)C([C@H](C)Nc1ncnc(N)c1-c1cc(O)cc(NS(=O)(=O)c3ccc(F)cc3F)c1)N2. The lowest BCUT2D eigenvalue weighted by Gasteiger charge is -2.41. The number of fused-ring (bicyclic) bond motifs is 1. The van der Waals surface area contributed by atoms with E-state index in [2.05, 4.69) is 25.4 Å². The lowest BCUT2D eigenvalue weighted by atomic mass is 10.0. The molecule has 1 amide bonds. The second-order valence-corrected chi connectivity index (χ2v) is 12.3. The van der Waals surface area contributed by atoms with Crippen LogP contribution in [0.5, 0.6) is 5.75 Å². The van der Waals surface area contributed by atoms with Crippen molar-refractivity contribution >= 4 is 38.9 Å². The van der Waals surface area contributed by atoms with Gasteiger partial charge in [-0.25, -0.2) is 27.2 Å². The van der Waals surface area contributed by atoms with Crippen LogP contribution >= 0.6 is 0 Å². The number of carbonyl (C=O) groups is 1. The summed E-state index contributed by atoms with van der Waals surface area (Å²) in [4.78, 5) is 23.1. The summed E-state index contributed by atoms with van der Waals surface area (Å²) < 4.78 is 57.5. The van der Waals surface area contributed by atoms with Crippen LogP contribution in [0, 0.1) is 18.6 Å². The topological polar surface area (TPSA) is 168 Å². The van der Waals surface area contributed by atoms with Crippen LogP contribution in [-0.2, 0) is 10.0 Å². The number of phenolic OH excluding ortho intramolecular Hbond substituents is 1. The van der Waals surface area contributed by atoms with E-state index in [0.717, 1.165) is 23.8 Å². The summed E-state index contributed by atoms with van der Waals surface area (Å²) in [6.45, 7) is 3.69. The van der Waals surface area contributed by atoms with Crippen LogP contribution in [0.3, 0.4) is 0 Å². The first kappa shape index (κ1) is 30.3. The zero-order valence-corrected chi connectivity index (χ0v) is 25.3. The maximum atomic E-state index is 14.3. The molecule has 1 aliphatic rings. The largest absolute Gasteiger partial charge is 0.508 e. The highest BCUT2D eigenvalue weighted by atomic mass is 32.2. The summed E-state index contributed by atoms with van der Waals surface area (Å²) in [6.07, 6.45) is 2.38. The van der Waals surface area contributed by atoms with Crippen molar-refractivity contribution in [1.29, 1.82) is 0 Å². The number of nitrogen functional groups attached to an aromatic ring is 1. The smallest absolute Gasteiger partial charge is 0.278 e. The molecule has 0 saturated carbocycles. The zero-order valence-electron chi connectivity index (χ0n) is 24.4. The molecule has 1 aliphatic heterocycles. The standard InChI is InChI=1S/C31H28F2N8O4S/c1-17-10-11-40-27(17)31(43)41(22-6-4-3-5-7-22)30(38-40)18(2)37-29-26(28(34)35-16-36-29)19-12-21(15-23(42)13-19)39-46(44,45)25-9-8-20(32)14-24(25)33/h3-16,18,30,38-39,42H,1-2H3,(H3,34,35,36,37)/t18-,30?/m0/s1. The molecule has 0 aliphatic carbocycles. The Kier molecular flexibility index (Phi) is 7.69. The number of sulfonamides is 1. The van der Waals surface area contributed by atoms with Gasteiger partial charge < -0.3 is 21.6 Å². The van der Waals surface area contributed by atoms with Crippen molar-refractivity contribution in [2.45, 2.75) is 31.0 Å². The van der Waals surface area contributed by atoms with Gasteiger partial charge in [0.05, 0.1) is 17.3 Å². The molecule has 0 radical (unpaired) electrons. The summed E-state index contributed by atoms with van der Waals surface area (Å²) in [6, 6.07) is 16.4. The number of phenols is 1. The summed E-state index contributed by atoms with van der Waals surface area (Å²) in [5.74, 6) is -2.55. The normalized spacial score (nSPS) is 15.2. The van der Waals surface area contributed by atoms with E-state index in [4.69, 9.17) is 5.73 Å².